The Hall–Kier alpha value is -3.55. The minimum atomic E-state index is -0.505. The molecule has 4 rings (SSSR count). The van der Waals surface area contributed by atoms with E-state index in [0.717, 1.165) is 16.6 Å². The summed E-state index contributed by atoms with van der Waals surface area (Å²) >= 11 is 0. The number of ether oxygens (including phenoxy) is 1. The number of pyridine rings is 1. The van der Waals surface area contributed by atoms with Gasteiger partial charge >= 0.3 is 5.97 Å². The first-order valence-corrected chi connectivity index (χ1v) is 8.15. The second-order valence-electron chi connectivity index (χ2n) is 5.69. The number of hydrogen-bond donors (Lipinski definition) is 0. The number of nitrogens with zero attached hydrogens (tertiary/aromatic N) is 6. The highest BCUT2D eigenvalue weighted by Gasteiger charge is 2.19. The fourth-order valence-corrected chi connectivity index (χ4v) is 2.74. The van der Waals surface area contributed by atoms with Crippen molar-refractivity contribution in [1.82, 2.24) is 29.8 Å². The molecule has 0 bridgehead atoms. The first kappa shape index (κ1) is 15.9. The molecule has 0 aliphatic carbocycles. The van der Waals surface area contributed by atoms with Crippen LogP contribution in [0.2, 0.25) is 0 Å². The van der Waals surface area contributed by atoms with Crippen LogP contribution >= 0.6 is 0 Å². The topological polar surface area (TPSA) is 87.7 Å². The highest BCUT2D eigenvalue weighted by molar-refractivity contribution is 5.89. The van der Waals surface area contributed by atoms with Crippen LogP contribution in [0.15, 0.2) is 55.0 Å². The zero-order valence-electron chi connectivity index (χ0n) is 14.1. The normalized spacial score (nSPS) is 11.0. The van der Waals surface area contributed by atoms with Gasteiger partial charge in [0, 0.05) is 24.0 Å². The number of aromatic nitrogens is 6. The minimum Gasteiger partial charge on any atom is -0.459 e. The summed E-state index contributed by atoms with van der Waals surface area (Å²) in [5, 5.41) is 13.2. The average Bonchev–Trinajstić information content (AvgIpc) is 3.31. The van der Waals surface area contributed by atoms with Crippen LogP contribution in [0.5, 0.6) is 0 Å². The molecule has 26 heavy (non-hydrogen) atoms. The molecule has 8 heteroatoms. The maximum atomic E-state index is 12.3. The summed E-state index contributed by atoms with van der Waals surface area (Å²) in [6.07, 6.45) is 5.21. The highest BCUT2D eigenvalue weighted by Crippen LogP contribution is 2.21. The molecule has 0 atom stereocenters. The molecule has 4 aromatic rings. The predicted octanol–water partition coefficient (Wildman–Crippen LogP) is 2.18. The lowest BCUT2D eigenvalue weighted by Gasteiger charge is -2.07. The number of carbonyl (C=O) groups excluding carboxylic acids is 1. The van der Waals surface area contributed by atoms with Gasteiger partial charge in [-0.25, -0.2) is 9.48 Å². The van der Waals surface area contributed by atoms with Crippen LogP contribution in [0.25, 0.3) is 16.6 Å². The lowest BCUT2D eigenvalue weighted by molar-refractivity contribution is 0.0480. The maximum Gasteiger partial charge on any atom is 0.360 e. The number of fused-ring (bicyclic) bond motifs is 1. The highest BCUT2D eigenvalue weighted by atomic mass is 16.5. The van der Waals surface area contributed by atoms with Crippen molar-refractivity contribution in [2.45, 2.75) is 13.5 Å². The van der Waals surface area contributed by atoms with Gasteiger partial charge in [0.2, 0.25) is 0 Å². The molecule has 0 fully saturated rings. The number of esters is 1. The molecule has 3 heterocycles. The van der Waals surface area contributed by atoms with E-state index in [4.69, 9.17) is 4.74 Å². The number of benzene rings is 1. The summed E-state index contributed by atoms with van der Waals surface area (Å²) in [7, 11) is 0. The van der Waals surface area contributed by atoms with E-state index in [-0.39, 0.29) is 12.3 Å². The van der Waals surface area contributed by atoms with Gasteiger partial charge in [0.1, 0.15) is 6.61 Å². The Kier molecular flexibility index (Phi) is 4.14. The van der Waals surface area contributed by atoms with Crippen LogP contribution in [0, 0.1) is 6.92 Å². The van der Waals surface area contributed by atoms with Crippen LogP contribution < -0.4 is 0 Å². The molecular formula is C18H16N6O2. The third-order valence-electron chi connectivity index (χ3n) is 4.04. The third-order valence-corrected chi connectivity index (χ3v) is 4.04. The van der Waals surface area contributed by atoms with Crippen molar-refractivity contribution in [3.8, 4) is 5.69 Å². The first-order chi connectivity index (χ1) is 12.7. The van der Waals surface area contributed by atoms with Gasteiger partial charge < -0.3 is 4.74 Å². The summed E-state index contributed by atoms with van der Waals surface area (Å²) in [6.45, 7) is 2.48. The predicted molar refractivity (Wildman–Crippen MR) is 93.9 cm³/mol. The summed E-state index contributed by atoms with van der Waals surface area (Å²) in [5.41, 5.74) is 2.36. The van der Waals surface area contributed by atoms with E-state index in [2.05, 4.69) is 20.4 Å². The monoisotopic (exact) mass is 348 g/mol. The van der Waals surface area contributed by atoms with Gasteiger partial charge in [-0.2, -0.15) is 5.10 Å². The number of carbonyl (C=O) groups is 1. The van der Waals surface area contributed by atoms with Gasteiger partial charge in [0.25, 0.3) is 0 Å². The quantitative estimate of drug-likeness (QED) is 0.514. The van der Waals surface area contributed by atoms with Crippen LogP contribution in [0.3, 0.4) is 0 Å². The lowest BCUT2D eigenvalue weighted by Crippen LogP contribution is -2.13. The van der Waals surface area contributed by atoms with E-state index < -0.39 is 5.97 Å². The average molecular weight is 348 g/mol. The zero-order chi connectivity index (χ0) is 17.9. The molecule has 0 saturated carbocycles. The molecule has 0 aliphatic rings. The van der Waals surface area contributed by atoms with Crippen molar-refractivity contribution >= 4 is 16.9 Å². The minimum absolute atomic E-state index is 0.193. The molecule has 1 aromatic carbocycles. The van der Waals surface area contributed by atoms with Crippen molar-refractivity contribution < 1.29 is 9.53 Å². The van der Waals surface area contributed by atoms with Crippen molar-refractivity contribution in [3.05, 3.63) is 66.4 Å². The third kappa shape index (κ3) is 2.92. The smallest absolute Gasteiger partial charge is 0.360 e. The summed E-state index contributed by atoms with van der Waals surface area (Å²) in [6, 6.07) is 11.5. The molecule has 0 amide bonds. The van der Waals surface area contributed by atoms with Crippen LogP contribution in [0.1, 0.15) is 16.2 Å². The number of para-hydroxylation sites is 1. The SMILES string of the molecule is Cc1c(C(=O)OCCn2cccn2)nnn1-c1cccc2cccnc12. The number of rotatable bonds is 5. The molecule has 0 unspecified atom stereocenters. The van der Waals surface area contributed by atoms with Gasteiger partial charge in [-0.1, -0.05) is 23.4 Å². The standard InChI is InChI=1S/C18H16N6O2/c1-13-16(18(25)26-12-11-23-10-4-9-20-23)21-22-24(13)15-7-2-5-14-6-3-8-19-17(14)15/h2-10H,11-12H2,1H3. The molecule has 3 aromatic heterocycles. The lowest BCUT2D eigenvalue weighted by atomic mass is 10.2. The van der Waals surface area contributed by atoms with E-state index in [1.54, 1.807) is 28.7 Å². The van der Waals surface area contributed by atoms with Gasteiger partial charge in [0.05, 0.1) is 23.4 Å². The Balaban J connectivity index is 1.56. The summed E-state index contributed by atoms with van der Waals surface area (Å²) in [4.78, 5) is 16.7. The fourth-order valence-electron chi connectivity index (χ4n) is 2.74. The second-order valence-corrected chi connectivity index (χ2v) is 5.69. The van der Waals surface area contributed by atoms with E-state index in [9.17, 15) is 4.79 Å². The zero-order valence-corrected chi connectivity index (χ0v) is 14.1. The molecule has 0 saturated heterocycles. The van der Waals surface area contributed by atoms with Gasteiger partial charge in [-0.15, -0.1) is 5.10 Å². The largest absolute Gasteiger partial charge is 0.459 e. The Labute approximate surface area is 149 Å². The van der Waals surface area contributed by atoms with E-state index >= 15 is 0 Å². The van der Waals surface area contributed by atoms with Crippen molar-refractivity contribution in [2.75, 3.05) is 6.61 Å². The molecular weight excluding hydrogens is 332 g/mol. The molecule has 130 valence electrons. The Morgan fingerprint density at radius 1 is 1.15 bits per heavy atom. The molecule has 0 spiro atoms. The molecule has 0 N–H and O–H groups in total. The maximum absolute atomic E-state index is 12.3. The van der Waals surface area contributed by atoms with Gasteiger partial charge in [-0.3, -0.25) is 9.67 Å². The van der Waals surface area contributed by atoms with E-state index in [1.807, 2.05) is 42.6 Å². The first-order valence-electron chi connectivity index (χ1n) is 8.15. The molecule has 8 nitrogen and oxygen atoms in total. The second kappa shape index (κ2) is 6.75. The van der Waals surface area contributed by atoms with E-state index in [1.165, 1.54) is 0 Å². The Morgan fingerprint density at radius 3 is 2.88 bits per heavy atom. The van der Waals surface area contributed by atoms with Gasteiger partial charge in [-0.05, 0) is 25.1 Å². The molecule has 0 radical (unpaired) electrons. The number of hydrogen-bond acceptors (Lipinski definition) is 6. The fraction of sp³-hybridized carbons (Fsp3) is 0.167. The van der Waals surface area contributed by atoms with E-state index in [0.29, 0.717) is 12.2 Å². The van der Waals surface area contributed by atoms with Crippen molar-refractivity contribution in [2.24, 2.45) is 0 Å². The van der Waals surface area contributed by atoms with Crippen LogP contribution in [0.4, 0.5) is 0 Å². The Bertz CT molecular complexity index is 1050. The van der Waals surface area contributed by atoms with Crippen LogP contribution in [-0.4, -0.2) is 42.3 Å². The summed E-state index contributed by atoms with van der Waals surface area (Å²) < 4.78 is 8.59. The Morgan fingerprint density at radius 2 is 2.04 bits per heavy atom. The summed E-state index contributed by atoms with van der Waals surface area (Å²) in [5.74, 6) is -0.505. The van der Waals surface area contributed by atoms with Gasteiger partial charge in [0.15, 0.2) is 5.69 Å². The van der Waals surface area contributed by atoms with Crippen molar-refractivity contribution in [1.29, 1.82) is 0 Å². The molecule has 0 aliphatic heterocycles. The van der Waals surface area contributed by atoms with Crippen molar-refractivity contribution in [3.63, 3.8) is 0 Å². The van der Waals surface area contributed by atoms with Crippen LogP contribution in [-0.2, 0) is 11.3 Å².